The molecule has 1 aliphatic rings. The number of para-hydroxylation sites is 2. The Morgan fingerprint density at radius 3 is 2.68 bits per heavy atom. The number of rotatable bonds is 7. The van der Waals surface area contributed by atoms with Gasteiger partial charge < -0.3 is 14.8 Å². The largest absolute Gasteiger partial charge is 0.356 e. The minimum Gasteiger partial charge on any atom is -0.356 e. The molecule has 0 unspecified atom stereocenters. The van der Waals surface area contributed by atoms with E-state index >= 15 is 0 Å². The second-order valence-corrected chi connectivity index (χ2v) is 7.75. The molecule has 0 radical (unpaired) electrons. The maximum Gasteiger partial charge on any atom is 0.291 e. The van der Waals surface area contributed by atoms with E-state index in [2.05, 4.69) is 10.3 Å². The quantitative estimate of drug-likeness (QED) is 0.713. The third-order valence-electron chi connectivity index (χ3n) is 4.88. The van der Waals surface area contributed by atoms with Crippen molar-refractivity contribution in [1.29, 1.82) is 0 Å². The fourth-order valence-corrected chi connectivity index (χ4v) is 4.00. The van der Waals surface area contributed by atoms with Gasteiger partial charge in [0, 0.05) is 25.6 Å². The van der Waals surface area contributed by atoms with E-state index in [0.29, 0.717) is 55.3 Å². The molecule has 152 valence electrons. The molecule has 0 spiro atoms. The normalized spacial score (nSPS) is 15.4. The molecule has 2 heterocycles. The van der Waals surface area contributed by atoms with E-state index in [1.807, 2.05) is 6.92 Å². The number of alkyl halides is 2. The predicted molar refractivity (Wildman–Crippen MR) is 104 cm³/mol. The van der Waals surface area contributed by atoms with Gasteiger partial charge in [0.15, 0.2) is 5.16 Å². The van der Waals surface area contributed by atoms with Gasteiger partial charge in [0.05, 0.1) is 11.0 Å². The highest BCUT2D eigenvalue weighted by Crippen LogP contribution is 2.29. The summed E-state index contributed by atoms with van der Waals surface area (Å²) in [5.41, 5.74) is 1.25. The number of halogens is 2. The van der Waals surface area contributed by atoms with Crippen molar-refractivity contribution < 1.29 is 18.4 Å². The van der Waals surface area contributed by atoms with E-state index in [-0.39, 0.29) is 29.4 Å². The standard InChI is InChI=1S/C19H24F2N4O2S/c1-2-9-22-17(27)13-7-10-24(11-8-13)16(26)12-25-15-6-4-3-5-14(15)23-19(25)28-18(20)21/h3-6,13,18H,2,7-12H2,1H3,(H,22,27). The van der Waals surface area contributed by atoms with Crippen molar-refractivity contribution in [3.8, 4) is 0 Å². The Morgan fingerprint density at radius 2 is 2.00 bits per heavy atom. The Labute approximate surface area is 166 Å². The van der Waals surface area contributed by atoms with Crippen LogP contribution in [0.15, 0.2) is 29.4 Å². The highest BCUT2D eigenvalue weighted by atomic mass is 32.2. The average Bonchev–Trinajstić information content (AvgIpc) is 3.02. The number of hydrogen-bond acceptors (Lipinski definition) is 4. The number of hydrogen-bond donors (Lipinski definition) is 1. The van der Waals surface area contributed by atoms with E-state index in [4.69, 9.17) is 0 Å². The number of carbonyl (C=O) groups is 2. The Hall–Kier alpha value is -2.16. The number of likely N-dealkylation sites (tertiary alicyclic amines) is 1. The van der Waals surface area contributed by atoms with Crippen LogP contribution in [0.4, 0.5) is 8.78 Å². The summed E-state index contributed by atoms with van der Waals surface area (Å²) in [4.78, 5) is 30.8. The third-order valence-corrected chi connectivity index (χ3v) is 5.58. The molecule has 3 rings (SSSR count). The Morgan fingerprint density at radius 1 is 1.29 bits per heavy atom. The van der Waals surface area contributed by atoms with Gasteiger partial charge in [0.25, 0.3) is 5.76 Å². The zero-order chi connectivity index (χ0) is 20.1. The lowest BCUT2D eigenvalue weighted by Gasteiger charge is -2.31. The number of carbonyl (C=O) groups excluding carboxylic acids is 2. The Kier molecular flexibility index (Phi) is 6.88. The molecule has 1 N–H and O–H groups in total. The highest BCUT2D eigenvalue weighted by molar-refractivity contribution is 7.99. The summed E-state index contributed by atoms with van der Waals surface area (Å²) in [7, 11) is 0. The maximum atomic E-state index is 12.9. The topological polar surface area (TPSA) is 67.2 Å². The zero-order valence-corrected chi connectivity index (χ0v) is 16.6. The fourth-order valence-electron chi connectivity index (χ4n) is 3.39. The first kappa shape index (κ1) is 20.6. The summed E-state index contributed by atoms with van der Waals surface area (Å²) in [6, 6.07) is 7.09. The molecule has 28 heavy (non-hydrogen) atoms. The fraction of sp³-hybridized carbons (Fsp3) is 0.526. The van der Waals surface area contributed by atoms with Gasteiger partial charge in [0.2, 0.25) is 11.8 Å². The molecule has 0 atom stereocenters. The summed E-state index contributed by atoms with van der Waals surface area (Å²) >= 11 is 0.346. The molecular weight excluding hydrogens is 386 g/mol. The Balaban J connectivity index is 1.66. The van der Waals surface area contributed by atoms with Crippen LogP contribution >= 0.6 is 11.8 Å². The molecule has 6 nitrogen and oxygen atoms in total. The summed E-state index contributed by atoms with van der Waals surface area (Å²) in [5, 5.41) is 3.04. The van der Waals surface area contributed by atoms with Crippen LogP contribution in [0.3, 0.4) is 0 Å². The molecule has 0 bridgehead atoms. The molecule has 1 fully saturated rings. The molecule has 1 aromatic carbocycles. The van der Waals surface area contributed by atoms with Crippen LogP contribution in [0.2, 0.25) is 0 Å². The zero-order valence-electron chi connectivity index (χ0n) is 15.7. The van der Waals surface area contributed by atoms with Crippen LogP contribution in [0.1, 0.15) is 26.2 Å². The molecule has 0 aliphatic carbocycles. The van der Waals surface area contributed by atoms with Crippen molar-refractivity contribution in [3.05, 3.63) is 24.3 Å². The van der Waals surface area contributed by atoms with Crippen molar-refractivity contribution in [2.75, 3.05) is 19.6 Å². The molecule has 9 heteroatoms. The van der Waals surface area contributed by atoms with Crippen LogP contribution in [-0.2, 0) is 16.1 Å². The monoisotopic (exact) mass is 410 g/mol. The van der Waals surface area contributed by atoms with Crippen LogP contribution in [0, 0.1) is 5.92 Å². The number of amides is 2. The highest BCUT2D eigenvalue weighted by Gasteiger charge is 2.28. The molecule has 2 amide bonds. The number of nitrogens with one attached hydrogen (secondary N) is 1. The van der Waals surface area contributed by atoms with Gasteiger partial charge in [-0.3, -0.25) is 9.59 Å². The number of aromatic nitrogens is 2. The van der Waals surface area contributed by atoms with Crippen molar-refractivity contribution >= 4 is 34.6 Å². The number of imidazole rings is 1. The number of benzene rings is 1. The first-order chi connectivity index (χ1) is 13.5. The number of piperidine rings is 1. The summed E-state index contributed by atoms with van der Waals surface area (Å²) in [5.74, 6) is -2.78. The first-order valence-electron chi connectivity index (χ1n) is 9.45. The van der Waals surface area contributed by atoms with Crippen LogP contribution in [-0.4, -0.2) is 51.7 Å². The van der Waals surface area contributed by atoms with Gasteiger partial charge in [0.1, 0.15) is 6.54 Å². The summed E-state index contributed by atoms with van der Waals surface area (Å²) in [6.45, 7) is 3.61. The minimum absolute atomic E-state index is 0.0394. The van der Waals surface area contributed by atoms with E-state index < -0.39 is 5.76 Å². The van der Waals surface area contributed by atoms with E-state index in [1.165, 1.54) is 0 Å². The summed E-state index contributed by atoms with van der Waals surface area (Å²) in [6.07, 6.45) is 2.12. The van der Waals surface area contributed by atoms with Crippen molar-refractivity contribution in [1.82, 2.24) is 19.8 Å². The van der Waals surface area contributed by atoms with Gasteiger partial charge in [-0.1, -0.05) is 19.1 Å². The predicted octanol–water partition coefficient (Wildman–Crippen LogP) is 3.12. The van der Waals surface area contributed by atoms with Crippen molar-refractivity contribution in [3.63, 3.8) is 0 Å². The smallest absolute Gasteiger partial charge is 0.291 e. The number of nitrogens with zero attached hydrogens (tertiary/aromatic N) is 3. The molecular formula is C19H24F2N4O2S. The van der Waals surface area contributed by atoms with Gasteiger partial charge in [-0.05, 0) is 43.2 Å². The Bertz CT molecular complexity index is 834. The molecule has 1 aromatic heterocycles. The van der Waals surface area contributed by atoms with Crippen LogP contribution in [0.5, 0.6) is 0 Å². The second kappa shape index (κ2) is 9.36. The second-order valence-electron chi connectivity index (χ2n) is 6.79. The molecule has 2 aromatic rings. The van der Waals surface area contributed by atoms with Gasteiger partial charge >= 0.3 is 0 Å². The number of thioether (sulfide) groups is 1. The van der Waals surface area contributed by atoms with Gasteiger partial charge in [-0.25, -0.2) is 4.98 Å². The lowest BCUT2D eigenvalue weighted by molar-refractivity contribution is -0.136. The molecule has 1 saturated heterocycles. The van der Waals surface area contributed by atoms with Crippen LogP contribution < -0.4 is 5.32 Å². The SMILES string of the molecule is CCCNC(=O)C1CCN(C(=O)Cn2c(SC(F)F)nc3ccccc32)CC1. The van der Waals surface area contributed by atoms with Crippen molar-refractivity contribution in [2.45, 2.75) is 43.6 Å². The maximum absolute atomic E-state index is 12.9. The molecule has 0 saturated carbocycles. The van der Waals surface area contributed by atoms with E-state index in [1.54, 1.807) is 33.7 Å². The lowest BCUT2D eigenvalue weighted by atomic mass is 9.96. The van der Waals surface area contributed by atoms with Gasteiger partial charge in [-0.2, -0.15) is 8.78 Å². The minimum atomic E-state index is -2.61. The first-order valence-corrected chi connectivity index (χ1v) is 10.3. The average molecular weight is 410 g/mol. The van der Waals surface area contributed by atoms with Crippen molar-refractivity contribution in [2.24, 2.45) is 5.92 Å². The summed E-state index contributed by atoms with van der Waals surface area (Å²) < 4.78 is 27.4. The van der Waals surface area contributed by atoms with Crippen LogP contribution in [0.25, 0.3) is 11.0 Å². The molecule has 1 aliphatic heterocycles. The lowest BCUT2D eigenvalue weighted by Crippen LogP contribution is -2.44. The van der Waals surface area contributed by atoms with E-state index in [0.717, 1.165) is 6.42 Å². The van der Waals surface area contributed by atoms with E-state index in [9.17, 15) is 18.4 Å². The number of fused-ring (bicyclic) bond motifs is 1. The van der Waals surface area contributed by atoms with Gasteiger partial charge in [-0.15, -0.1) is 0 Å². The third kappa shape index (κ3) is 4.81.